The van der Waals surface area contributed by atoms with E-state index in [1.165, 1.54) is 0 Å². The van der Waals surface area contributed by atoms with Gasteiger partial charge in [0.25, 0.3) is 0 Å². The maximum atomic E-state index is 12.5. The van der Waals surface area contributed by atoms with Crippen LogP contribution in [0.2, 0.25) is 0 Å². The molecule has 0 saturated heterocycles. The summed E-state index contributed by atoms with van der Waals surface area (Å²) in [4.78, 5) is 0. The second-order valence-corrected chi connectivity index (χ2v) is 8.41. The van der Waals surface area contributed by atoms with E-state index in [2.05, 4.69) is 32.9 Å². The van der Waals surface area contributed by atoms with E-state index < -0.39 is 7.14 Å². The molecule has 74 valence electrons. The molecule has 0 fully saturated rings. The van der Waals surface area contributed by atoms with Gasteiger partial charge in [-0.25, -0.2) is 0 Å². The molecule has 0 saturated carbocycles. The van der Waals surface area contributed by atoms with Gasteiger partial charge in [0, 0.05) is 10.5 Å². The average Bonchev–Trinajstić information content (AvgIpc) is 2.04. The van der Waals surface area contributed by atoms with Crippen LogP contribution in [0.1, 0.15) is 33.6 Å². The van der Waals surface area contributed by atoms with Crippen LogP contribution >= 0.6 is 7.14 Å². The van der Waals surface area contributed by atoms with Gasteiger partial charge in [-0.2, -0.15) is 0 Å². The number of hydrogen-bond donors (Lipinski definition) is 0. The highest BCUT2D eigenvalue weighted by atomic mass is 31.2. The third-order valence-corrected chi connectivity index (χ3v) is 6.63. The first-order valence-electron chi connectivity index (χ1n) is 4.80. The first kappa shape index (κ1) is 10.8. The normalized spacial score (nSPS) is 22.3. The van der Waals surface area contributed by atoms with Crippen LogP contribution in [0.25, 0.3) is 0 Å². The van der Waals surface area contributed by atoms with Crippen LogP contribution in [0, 0.1) is 0 Å². The zero-order chi connectivity index (χ0) is 10.1. The molecule has 0 aromatic rings. The molecule has 0 N–H and O–H groups in total. The molecule has 1 rings (SSSR count). The number of hydrogen-bond acceptors (Lipinski definition) is 1. The van der Waals surface area contributed by atoms with Gasteiger partial charge in [0.2, 0.25) is 0 Å². The first-order valence-corrected chi connectivity index (χ1v) is 6.96. The van der Waals surface area contributed by atoms with E-state index in [1.807, 2.05) is 12.7 Å². The Bertz CT molecular complexity index is 292. The molecule has 1 atom stereocenters. The molecule has 0 aliphatic heterocycles. The predicted octanol–water partition coefficient (Wildman–Crippen LogP) is 4.01. The van der Waals surface area contributed by atoms with Gasteiger partial charge in [-0.15, -0.1) is 0 Å². The fraction of sp³-hybridized carbons (Fsp3) is 0.636. The Morgan fingerprint density at radius 2 is 1.92 bits per heavy atom. The molecule has 0 bridgehead atoms. The topological polar surface area (TPSA) is 17.1 Å². The van der Waals surface area contributed by atoms with Crippen LogP contribution in [0.15, 0.2) is 23.5 Å². The molecule has 0 amide bonds. The molecule has 13 heavy (non-hydrogen) atoms. The van der Waals surface area contributed by atoms with Crippen molar-refractivity contribution in [2.45, 2.75) is 38.8 Å². The van der Waals surface area contributed by atoms with Gasteiger partial charge < -0.3 is 4.57 Å². The van der Waals surface area contributed by atoms with E-state index >= 15 is 0 Å². The lowest BCUT2D eigenvalue weighted by atomic mass is 10.2. The zero-order valence-electron chi connectivity index (χ0n) is 9.00. The Balaban J connectivity index is 3.00. The van der Waals surface area contributed by atoms with Crippen molar-refractivity contribution in [1.82, 2.24) is 0 Å². The Morgan fingerprint density at radius 3 is 2.31 bits per heavy atom. The number of rotatable bonds is 1. The van der Waals surface area contributed by atoms with Crippen LogP contribution < -0.4 is 0 Å². The van der Waals surface area contributed by atoms with Gasteiger partial charge in [-0.05, 0) is 19.5 Å². The van der Waals surface area contributed by atoms with Gasteiger partial charge in [-0.1, -0.05) is 39.0 Å². The van der Waals surface area contributed by atoms with Crippen molar-refractivity contribution in [3.8, 4) is 0 Å². The Kier molecular flexibility index (Phi) is 2.87. The molecule has 0 spiro atoms. The van der Waals surface area contributed by atoms with Crippen LogP contribution in [0.3, 0.4) is 0 Å². The van der Waals surface area contributed by atoms with Crippen molar-refractivity contribution in [2.24, 2.45) is 0 Å². The van der Waals surface area contributed by atoms with E-state index in [-0.39, 0.29) is 5.16 Å². The molecule has 0 unspecified atom stereocenters. The van der Waals surface area contributed by atoms with Crippen molar-refractivity contribution in [3.63, 3.8) is 0 Å². The minimum Gasteiger partial charge on any atom is -0.318 e. The van der Waals surface area contributed by atoms with Crippen molar-refractivity contribution in [2.75, 3.05) is 6.66 Å². The minimum atomic E-state index is -2.18. The maximum Gasteiger partial charge on any atom is 0.117 e. The molecule has 0 heterocycles. The standard InChI is InChI=1S/C11H19OP/c1-11(2,3)13(4,12)10-8-6-5-7-9-10/h6,8-9H,5,7H2,1-4H3/t13-/m0/s1. The first-order chi connectivity index (χ1) is 5.86. The molecule has 0 aromatic heterocycles. The smallest absolute Gasteiger partial charge is 0.117 e. The highest BCUT2D eigenvalue weighted by Crippen LogP contribution is 2.61. The third kappa shape index (κ3) is 2.14. The van der Waals surface area contributed by atoms with Gasteiger partial charge in [0.15, 0.2) is 0 Å². The van der Waals surface area contributed by atoms with Crippen LogP contribution in [0.5, 0.6) is 0 Å². The summed E-state index contributed by atoms with van der Waals surface area (Å²) in [5.74, 6) is 0. The summed E-state index contributed by atoms with van der Waals surface area (Å²) in [5.41, 5.74) is 0. The molecule has 1 aliphatic rings. The van der Waals surface area contributed by atoms with Crippen LogP contribution in [-0.2, 0) is 4.57 Å². The molecular weight excluding hydrogens is 179 g/mol. The predicted molar refractivity (Wildman–Crippen MR) is 59.7 cm³/mol. The lowest BCUT2D eigenvalue weighted by molar-refractivity contribution is 0.558. The lowest BCUT2D eigenvalue weighted by Gasteiger charge is -2.29. The summed E-state index contributed by atoms with van der Waals surface area (Å²) in [6.07, 6.45) is 8.42. The Morgan fingerprint density at radius 1 is 1.31 bits per heavy atom. The van der Waals surface area contributed by atoms with Crippen molar-refractivity contribution >= 4 is 7.14 Å². The summed E-state index contributed by atoms with van der Waals surface area (Å²) in [5, 5.41) is 0.951. The summed E-state index contributed by atoms with van der Waals surface area (Å²) in [7, 11) is -2.18. The highest BCUT2D eigenvalue weighted by Gasteiger charge is 2.34. The molecule has 1 aliphatic carbocycles. The SMILES string of the molecule is CC(C)(C)[P@@](C)(=O)C1=CCCC=C1. The van der Waals surface area contributed by atoms with Crippen LogP contribution in [-0.4, -0.2) is 11.8 Å². The molecule has 0 aromatic carbocycles. The van der Waals surface area contributed by atoms with Gasteiger partial charge in [-0.3, -0.25) is 0 Å². The summed E-state index contributed by atoms with van der Waals surface area (Å²) >= 11 is 0. The van der Waals surface area contributed by atoms with Crippen molar-refractivity contribution < 1.29 is 4.57 Å². The monoisotopic (exact) mass is 198 g/mol. The van der Waals surface area contributed by atoms with Crippen LogP contribution in [0.4, 0.5) is 0 Å². The quantitative estimate of drug-likeness (QED) is 0.582. The average molecular weight is 198 g/mol. The van der Waals surface area contributed by atoms with Gasteiger partial charge in [0.1, 0.15) is 7.14 Å². The maximum absolute atomic E-state index is 12.5. The van der Waals surface area contributed by atoms with Gasteiger partial charge in [0.05, 0.1) is 0 Å². The van der Waals surface area contributed by atoms with Crippen molar-refractivity contribution in [3.05, 3.63) is 23.5 Å². The van der Waals surface area contributed by atoms with E-state index in [9.17, 15) is 4.57 Å². The third-order valence-electron chi connectivity index (χ3n) is 2.75. The molecule has 0 radical (unpaired) electrons. The minimum absolute atomic E-state index is 0.111. The van der Waals surface area contributed by atoms with E-state index in [1.54, 1.807) is 0 Å². The van der Waals surface area contributed by atoms with E-state index in [0.29, 0.717) is 0 Å². The Hall–Kier alpha value is -0.290. The zero-order valence-corrected chi connectivity index (χ0v) is 9.90. The lowest BCUT2D eigenvalue weighted by Crippen LogP contribution is -2.15. The number of allylic oxidation sites excluding steroid dienone is 4. The molecule has 2 heteroatoms. The van der Waals surface area contributed by atoms with Crippen molar-refractivity contribution in [1.29, 1.82) is 0 Å². The van der Waals surface area contributed by atoms with E-state index in [4.69, 9.17) is 0 Å². The largest absolute Gasteiger partial charge is 0.318 e. The molecule has 1 nitrogen and oxygen atoms in total. The fourth-order valence-electron chi connectivity index (χ4n) is 1.30. The highest BCUT2D eigenvalue weighted by molar-refractivity contribution is 7.69. The second-order valence-electron chi connectivity index (χ2n) is 4.70. The van der Waals surface area contributed by atoms with E-state index in [0.717, 1.165) is 18.2 Å². The summed E-state index contributed by atoms with van der Waals surface area (Å²) in [6, 6.07) is 0. The summed E-state index contributed by atoms with van der Waals surface area (Å²) in [6.45, 7) is 8.06. The summed E-state index contributed by atoms with van der Waals surface area (Å²) < 4.78 is 12.5. The fourth-order valence-corrected chi connectivity index (χ4v) is 2.95. The Labute approximate surface area is 81.3 Å². The van der Waals surface area contributed by atoms with Gasteiger partial charge >= 0.3 is 0 Å². The second kappa shape index (κ2) is 3.46. The molecular formula is C11H19OP.